The van der Waals surface area contributed by atoms with Gasteiger partial charge in [0, 0.05) is 6.42 Å². The second-order valence-electron chi connectivity index (χ2n) is 7.95. The monoisotopic (exact) mass is 415 g/mol. The van der Waals surface area contributed by atoms with Crippen molar-refractivity contribution in [2.75, 3.05) is 6.61 Å². The maximum atomic E-state index is 12.0. The van der Waals surface area contributed by atoms with Crippen molar-refractivity contribution >= 4 is 5.91 Å². The molecule has 7 nitrogen and oxygen atoms in total. The predicted molar refractivity (Wildman–Crippen MR) is 112 cm³/mol. The van der Waals surface area contributed by atoms with E-state index in [1.54, 1.807) is 0 Å². The zero-order chi connectivity index (χ0) is 21.5. The zero-order valence-corrected chi connectivity index (χ0v) is 17.8. The van der Waals surface area contributed by atoms with Gasteiger partial charge in [0.25, 0.3) is 0 Å². The van der Waals surface area contributed by atoms with Crippen LogP contribution in [-0.4, -0.2) is 63.6 Å². The predicted octanol–water partition coefficient (Wildman–Crippen LogP) is 2.16. The SMILES string of the molecule is CCCCCC/C=C\CCCCCCCC(=O)N[C@H]1C(O)O[C@H](CO)[C@@H](O)[C@@H]1O. The number of unbranched alkanes of at least 4 members (excludes halogenated alkanes) is 9. The highest BCUT2D eigenvalue weighted by Crippen LogP contribution is 2.20. The highest BCUT2D eigenvalue weighted by atomic mass is 16.6. The van der Waals surface area contributed by atoms with Gasteiger partial charge in [-0.3, -0.25) is 4.79 Å². The normalized spacial score (nSPS) is 27.4. The molecule has 29 heavy (non-hydrogen) atoms. The molecule has 1 aliphatic heterocycles. The number of hydrogen-bond acceptors (Lipinski definition) is 6. The number of allylic oxidation sites excluding steroid dienone is 2. The Hall–Kier alpha value is -0.990. The molecule has 0 aromatic carbocycles. The van der Waals surface area contributed by atoms with Crippen molar-refractivity contribution in [3.8, 4) is 0 Å². The zero-order valence-electron chi connectivity index (χ0n) is 17.8. The maximum absolute atomic E-state index is 12.0. The largest absolute Gasteiger partial charge is 0.394 e. The average molecular weight is 416 g/mol. The molecule has 1 amide bonds. The molecule has 1 unspecified atom stereocenters. The number of nitrogens with one attached hydrogen (secondary N) is 1. The third kappa shape index (κ3) is 10.6. The first-order chi connectivity index (χ1) is 14.0. The van der Waals surface area contributed by atoms with Gasteiger partial charge in [0.1, 0.15) is 24.4 Å². The van der Waals surface area contributed by atoms with Gasteiger partial charge in [0.05, 0.1) is 6.61 Å². The summed E-state index contributed by atoms with van der Waals surface area (Å²) in [4.78, 5) is 12.0. The molecule has 0 aromatic rings. The Kier molecular flexibility index (Phi) is 14.2. The third-order valence-electron chi connectivity index (χ3n) is 5.39. The fourth-order valence-electron chi connectivity index (χ4n) is 3.51. The first-order valence-corrected chi connectivity index (χ1v) is 11.3. The number of amides is 1. The molecule has 0 aromatic heterocycles. The van der Waals surface area contributed by atoms with Crippen molar-refractivity contribution in [1.29, 1.82) is 0 Å². The van der Waals surface area contributed by atoms with Crippen LogP contribution in [0.2, 0.25) is 0 Å². The van der Waals surface area contributed by atoms with Crippen molar-refractivity contribution in [3.63, 3.8) is 0 Å². The fraction of sp³-hybridized carbons (Fsp3) is 0.864. The van der Waals surface area contributed by atoms with Gasteiger partial charge >= 0.3 is 0 Å². The molecule has 1 rings (SSSR count). The molecule has 1 heterocycles. The van der Waals surface area contributed by atoms with Crippen LogP contribution in [0.5, 0.6) is 0 Å². The number of aliphatic hydroxyl groups excluding tert-OH is 4. The first-order valence-electron chi connectivity index (χ1n) is 11.3. The average Bonchev–Trinajstić information content (AvgIpc) is 2.71. The summed E-state index contributed by atoms with van der Waals surface area (Å²) in [7, 11) is 0. The number of aliphatic hydroxyl groups is 4. The highest BCUT2D eigenvalue weighted by Gasteiger charge is 2.44. The van der Waals surface area contributed by atoms with E-state index in [4.69, 9.17) is 9.84 Å². The molecule has 0 radical (unpaired) electrons. The summed E-state index contributed by atoms with van der Waals surface area (Å²) in [5.74, 6) is -0.294. The Morgan fingerprint density at radius 1 is 0.897 bits per heavy atom. The minimum Gasteiger partial charge on any atom is -0.394 e. The van der Waals surface area contributed by atoms with Gasteiger partial charge in [-0.1, -0.05) is 57.6 Å². The van der Waals surface area contributed by atoms with Gasteiger partial charge in [0.15, 0.2) is 6.29 Å². The quantitative estimate of drug-likeness (QED) is 0.207. The summed E-state index contributed by atoms with van der Waals surface area (Å²) in [5, 5.41) is 41.3. The van der Waals surface area contributed by atoms with Gasteiger partial charge in [-0.2, -0.15) is 0 Å². The minimum atomic E-state index is -1.46. The van der Waals surface area contributed by atoms with E-state index in [-0.39, 0.29) is 5.91 Å². The summed E-state index contributed by atoms with van der Waals surface area (Å²) in [6.07, 6.45) is 12.2. The molecular formula is C22H41NO6. The number of carbonyl (C=O) groups is 1. The molecule has 7 heteroatoms. The number of rotatable bonds is 15. The van der Waals surface area contributed by atoms with Crippen LogP contribution >= 0.6 is 0 Å². The van der Waals surface area contributed by atoms with E-state index in [2.05, 4.69) is 24.4 Å². The second kappa shape index (κ2) is 15.8. The Labute approximate surface area is 175 Å². The van der Waals surface area contributed by atoms with Crippen molar-refractivity contribution in [2.24, 2.45) is 0 Å². The van der Waals surface area contributed by atoms with Crippen LogP contribution in [0.15, 0.2) is 12.2 Å². The minimum absolute atomic E-state index is 0.294. The summed E-state index contributed by atoms with van der Waals surface area (Å²) >= 11 is 0. The van der Waals surface area contributed by atoms with E-state index in [0.717, 1.165) is 32.1 Å². The Morgan fingerprint density at radius 2 is 1.48 bits per heavy atom. The molecular weight excluding hydrogens is 374 g/mol. The Bertz CT molecular complexity index is 459. The molecule has 5 N–H and O–H groups in total. The van der Waals surface area contributed by atoms with Crippen LogP contribution in [0.4, 0.5) is 0 Å². The van der Waals surface area contributed by atoms with Crippen LogP contribution in [0.25, 0.3) is 0 Å². The molecule has 0 saturated carbocycles. The standard InChI is InChI=1S/C22H41NO6/c1-2-3-4-5-6-7-8-9-10-11-12-13-14-15-18(25)23-19-21(27)20(26)17(16-24)29-22(19)28/h7-8,17,19-22,24,26-28H,2-6,9-16H2,1H3,(H,23,25)/b8-7-/t17-,19-,20-,21-,22?/m1/s1. The van der Waals surface area contributed by atoms with Crippen molar-refractivity contribution in [3.05, 3.63) is 12.2 Å². The van der Waals surface area contributed by atoms with Crippen LogP contribution in [0.1, 0.15) is 84.0 Å². The number of hydrogen-bond donors (Lipinski definition) is 5. The van der Waals surface area contributed by atoms with Gasteiger partial charge in [-0.15, -0.1) is 0 Å². The lowest BCUT2D eigenvalue weighted by Gasteiger charge is -2.40. The van der Waals surface area contributed by atoms with Gasteiger partial charge in [-0.05, 0) is 32.1 Å². The lowest BCUT2D eigenvalue weighted by Crippen LogP contribution is -2.64. The van der Waals surface area contributed by atoms with Crippen molar-refractivity contribution in [2.45, 2.75) is 115 Å². The van der Waals surface area contributed by atoms with E-state index in [1.807, 2.05) is 0 Å². The van der Waals surface area contributed by atoms with Gasteiger partial charge in [-0.25, -0.2) is 0 Å². The Morgan fingerprint density at radius 3 is 2.10 bits per heavy atom. The summed E-state index contributed by atoms with van der Waals surface area (Å²) in [6.45, 7) is 1.70. The number of carbonyl (C=O) groups excluding carboxylic acids is 1. The van der Waals surface area contributed by atoms with E-state index in [1.165, 1.54) is 38.5 Å². The third-order valence-corrected chi connectivity index (χ3v) is 5.39. The molecule has 1 fully saturated rings. The lowest BCUT2D eigenvalue weighted by atomic mass is 9.97. The van der Waals surface area contributed by atoms with Crippen LogP contribution in [0.3, 0.4) is 0 Å². The lowest BCUT2D eigenvalue weighted by molar-refractivity contribution is -0.253. The van der Waals surface area contributed by atoms with Crippen LogP contribution in [0, 0.1) is 0 Å². The molecule has 0 aliphatic carbocycles. The van der Waals surface area contributed by atoms with Crippen LogP contribution < -0.4 is 5.32 Å². The van der Waals surface area contributed by atoms with Crippen molar-refractivity contribution in [1.82, 2.24) is 5.32 Å². The van der Waals surface area contributed by atoms with Crippen LogP contribution in [-0.2, 0) is 9.53 Å². The molecule has 1 aliphatic rings. The molecule has 0 spiro atoms. The molecule has 5 atom stereocenters. The first kappa shape index (κ1) is 26.0. The fourth-order valence-corrected chi connectivity index (χ4v) is 3.51. The molecule has 1 saturated heterocycles. The molecule has 170 valence electrons. The van der Waals surface area contributed by atoms with E-state index in [9.17, 15) is 20.1 Å². The second-order valence-corrected chi connectivity index (χ2v) is 7.95. The maximum Gasteiger partial charge on any atom is 0.220 e. The van der Waals surface area contributed by atoms with Crippen molar-refractivity contribution < 1.29 is 30.0 Å². The van der Waals surface area contributed by atoms with E-state index >= 15 is 0 Å². The highest BCUT2D eigenvalue weighted by molar-refractivity contribution is 5.76. The van der Waals surface area contributed by atoms with Gasteiger partial charge < -0.3 is 30.5 Å². The Balaban J connectivity index is 2.05. The van der Waals surface area contributed by atoms with E-state index < -0.39 is 37.3 Å². The topological polar surface area (TPSA) is 119 Å². The van der Waals surface area contributed by atoms with E-state index in [0.29, 0.717) is 6.42 Å². The summed E-state index contributed by atoms with van der Waals surface area (Å²) < 4.78 is 5.03. The van der Waals surface area contributed by atoms with Gasteiger partial charge in [0.2, 0.25) is 5.91 Å². The summed E-state index contributed by atoms with van der Waals surface area (Å²) in [6, 6.07) is -1.10. The molecule has 0 bridgehead atoms. The summed E-state index contributed by atoms with van der Waals surface area (Å²) in [5.41, 5.74) is 0. The smallest absolute Gasteiger partial charge is 0.220 e. The number of ether oxygens (including phenoxy) is 1.